The van der Waals surface area contributed by atoms with Gasteiger partial charge in [0.05, 0.1) is 5.92 Å². The lowest BCUT2D eigenvalue weighted by Gasteiger charge is -2.43. The van der Waals surface area contributed by atoms with E-state index in [1.54, 1.807) is 0 Å². The summed E-state index contributed by atoms with van der Waals surface area (Å²) < 4.78 is 7.15. The lowest BCUT2D eigenvalue weighted by molar-refractivity contribution is -0.158. The Kier molecular flexibility index (Phi) is 6.54. The van der Waals surface area contributed by atoms with Gasteiger partial charge in [-0.25, -0.2) is 0 Å². The molecular weight excluding hydrogens is 387 g/mol. The number of fused-ring (bicyclic) bond motifs is 1. The normalized spacial score (nSPS) is 35.5. The summed E-state index contributed by atoms with van der Waals surface area (Å²) in [5, 5.41) is 0. The molecule has 0 bridgehead atoms. The maximum Gasteiger partial charge on any atom is 0.308 e. The van der Waals surface area contributed by atoms with Crippen LogP contribution in [0.25, 0.3) is 0 Å². The van der Waals surface area contributed by atoms with E-state index in [2.05, 4.69) is 54.7 Å². The number of allylic oxidation sites excluding steroid dienone is 3. The molecule has 0 radical (unpaired) electrons. The molecule has 0 saturated heterocycles. The quantitative estimate of drug-likeness (QED) is 0.351. The van der Waals surface area contributed by atoms with Crippen LogP contribution in [-0.2, 0) is 9.53 Å². The summed E-state index contributed by atoms with van der Waals surface area (Å²) in [6, 6.07) is 0. The van der Waals surface area contributed by atoms with Gasteiger partial charge < -0.3 is 4.74 Å². The zero-order chi connectivity index (χ0) is 16.3. The van der Waals surface area contributed by atoms with Gasteiger partial charge in [0, 0.05) is 5.92 Å². The van der Waals surface area contributed by atoms with Crippen molar-refractivity contribution in [3.05, 3.63) is 23.8 Å². The summed E-state index contributed by atoms with van der Waals surface area (Å²) in [5.41, 5.74) is 1.40. The third kappa shape index (κ3) is 3.95. The van der Waals surface area contributed by atoms with E-state index in [9.17, 15) is 4.79 Å². The minimum Gasteiger partial charge on any atom is -0.461 e. The SMILES string of the molecule is CCC(C)C(=O)OC1CC(C)C=C2C=CC(C)C(CCI)C21. The third-order valence-electron chi connectivity index (χ3n) is 5.32. The Labute approximate surface area is 148 Å². The van der Waals surface area contributed by atoms with Gasteiger partial charge in [0.2, 0.25) is 0 Å². The van der Waals surface area contributed by atoms with Crippen LogP contribution in [0.1, 0.15) is 47.0 Å². The van der Waals surface area contributed by atoms with E-state index in [0.29, 0.717) is 23.7 Å². The molecule has 2 aliphatic rings. The Morgan fingerprint density at radius 2 is 2.18 bits per heavy atom. The highest BCUT2D eigenvalue weighted by Crippen LogP contribution is 2.44. The second-order valence-electron chi connectivity index (χ2n) is 7.05. The Bertz CT molecular complexity index is 454. The van der Waals surface area contributed by atoms with Gasteiger partial charge in [-0.15, -0.1) is 0 Å². The summed E-state index contributed by atoms with van der Waals surface area (Å²) >= 11 is 2.47. The number of carbonyl (C=O) groups excluding carboxylic acids is 1. The Balaban J connectivity index is 2.24. The largest absolute Gasteiger partial charge is 0.461 e. The van der Waals surface area contributed by atoms with Crippen molar-refractivity contribution in [3.8, 4) is 0 Å². The maximum absolute atomic E-state index is 12.3. The predicted molar refractivity (Wildman–Crippen MR) is 100.0 cm³/mol. The topological polar surface area (TPSA) is 26.3 Å². The van der Waals surface area contributed by atoms with E-state index < -0.39 is 0 Å². The van der Waals surface area contributed by atoms with E-state index in [-0.39, 0.29) is 18.0 Å². The van der Waals surface area contributed by atoms with Gasteiger partial charge in [0.1, 0.15) is 6.10 Å². The van der Waals surface area contributed by atoms with E-state index in [1.807, 2.05) is 13.8 Å². The number of hydrogen-bond donors (Lipinski definition) is 0. The van der Waals surface area contributed by atoms with Gasteiger partial charge in [0.25, 0.3) is 0 Å². The van der Waals surface area contributed by atoms with Crippen LogP contribution in [0.4, 0.5) is 0 Å². The lowest BCUT2D eigenvalue weighted by Crippen LogP contribution is -2.41. The number of rotatable bonds is 5. The van der Waals surface area contributed by atoms with Crippen molar-refractivity contribution in [1.82, 2.24) is 0 Å². The zero-order valence-electron chi connectivity index (χ0n) is 14.2. The Hall–Kier alpha value is -0.320. The average Bonchev–Trinajstić information content (AvgIpc) is 2.49. The van der Waals surface area contributed by atoms with E-state index >= 15 is 0 Å². The summed E-state index contributed by atoms with van der Waals surface area (Å²) in [5.74, 6) is 2.02. The fourth-order valence-electron chi connectivity index (χ4n) is 3.78. The Morgan fingerprint density at radius 1 is 1.45 bits per heavy atom. The van der Waals surface area contributed by atoms with Crippen LogP contribution >= 0.6 is 22.6 Å². The molecule has 124 valence electrons. The van der Waals surface area contributed by atoms with Crippen molar-refractivity contribution < 1.29 is 9.53 Å². The predicted octanol–water partition coefficient (Wildman–Crippen LogP) is 5.17. The van der Waals surface area contributed by atoms with Crippen molar-refractivity contribution in [1.29, 1.82) is 0 Å². The van der Waals surface area contributed by atoms with Gasteiger partial charge in [-0.2, -0.15) is 0 Å². The highest BCUT2D eigenvalue weighted by molar-refractivity contribution is 14.1. The highest BCUT2D eigenvalue weighted by atomic mass is 127. The second-order valence-corrected chi connectivity index (χ2v) is 8.13. The summed E-state index contributed by atoms with van der Waals surface area (Å²) in [6.45, 7) is 8.55. The van der Waals surface area contributed by atoms with Gasteiger partial charge in [-0.05, 0) is 47.0 Å². The molecule has 0 spiro atoms. The molecule has 0 saturated carbocycles. The average molecular weight is 416 g/mol. The fourth-order valence-corrected chi connectivity index (χ4v) is 4.50. The number of carbonyl (C=O) groups is 1. The molecule has 0 amide bonds. The number of alkyl halides is 1. The van der Waals surface area contributed by atoms with E-state index in [4.69, 9.17) is 4.74 Å². The first-order valence-corrected chi connectivity index (χ1v) is 10.2. The first kappa shape index (κ1) is 18.0. The molecule has 2 aliphatic carbocycles. The van der Waals surface area contributed by atoms with Gasteiger partial charge >= 0.3 is 5.97 Å². The Morgan fingerprint density at radius 3 is 2.82 bits per heavy atom. The van der Waals surface area contributed by atoms with Crippen LogP contribution in [0.5, 0.6) is 0 Å². The molecule has 0 fully saturated rings. The molecule has 0 aromatic carbocycles. The number of hydrogen-bond acceptors (Lipinski definition) is 2. The van der Waals surface area contributed by atoms with Crippen LogP contribution in [0.2, 0.25) is 0 Å². The second kappa shape index (κ2) is 7.98. The van der Waals surface area contributed by atoms with E-state index in [0.717, 1.165) is 17.3 Å². The minimum absolute atomic E-state index is 0.00393. The monoisotopic (exact) mass is 416 g/mol. The van der Waals surface area contributed by atoms with Crippen molar-refractivity contribution in [2.24, 2.45) is 29.6 Å². The number of esters is 1. The standard InChI is InChI=1S/C19H29IO2/c1-5-13(3)19(21)22-17-11-12(2)10-15-7-6-14(4)16(8-9-20)18(15)17/h6-7,10,12-14,16-18H,5,8-9,11H2,1-4H3. The molecule has 3 heteroatoms. The van der Waals surface area contributed by atoms with Gasteiger partial charge in [-0.1, -0.05) is 68.5 Å². The summed E-state index contributed by atoms with van der Waals surface area (Å²) in [4.78, 5) is 12.3. The molecular formula is C19H29IO2. The highest BCUT2D eigenvalue weighted by Gasteiger charge is 2.41. The maximum atomic E-state index is 12.3. The molecule has 0 N–H and O–H groups in total. The molecule has 6 unspecified atom stereocenters. The fraction of sp³-hybridized carbons (Fsp3) is 0.737. The third-order valence-corrected chi connectivity index (χ3v) is 5.94. The molecule has 0 aliphatic heterocycles. The van der Waals surface area contributed by atoms with Crippen molar-refractivity contribution in [2.75, 3.05) is 4.43 Å². The molecule has 2 rings (SSSR count). The number of ether oxygens (including phenoxy) is 1. The van der Waals surface area contributed by atoms with Crippen molar-refractivity contribution in [2.45, 2.75) is 53.1 Å². The van der Waals surface area contributed by atoms with Crippen LogP contribution < -0.4 is 0 Å². The van der Waals surface area contributed by atoms with Crippen LogP contribution in [-0.4, -0.2) is 16.5 Å². The first-order chi connectivity index (χ1) is 10.5. The molecule has 22 heavy (non-hydrogen) atoms. The zero-order valence-corrected chi connectivity index (χ0v) is 16.4. The minimum atomic E-state index is -0.0172. The molecule has 0 aromatic heterocycles. The number of halogens is 1. The van der Waals surface area contributed by atoms with Gasteiger partial charge in [0.15, 0.2) is 0 Å². The summed E-state index contributed by atoms with van der Waals surface area (Å²) in [6.07, 6.45) is 10.1. The summed E-state index contributed by atoms with van der Waals surface area (Å²) in [7, 11) is 0. The first-order valence-electron chi connectivity index (χ1n) is 8.64. The van der Waals surface area contributed by atoms with Crippen molar-refractivity contribution >= 4 is 28.6 Å². The van der Waals surface area contributed by atoms with E-state index in [1.165, 1.54) is 12.0 Å². The van der Waals surface area contributed by atoms with Crippen LogP contribution in [0.3, 0.4) is 0 Å². The van der Waals surface area contributed by atoms with Gasteiger partial charge in [-0.3, -0.25) is 4.79 Å². The molecule has 2 nitrogen and oxygen atoms in total. The molecule has 6 atom stereocenters. The molecule has 0 heterocycles. The smallest absolute Gasteiger partial charge is 0.308 e. The van der Waals surface area contributed by atoms with Crippen LogP contribution in [0, 0.1) is 29.6 Å². The van der Waals surface area contributed by atoms with Crippen molar-refractivity contribution in [3.63, 3.8) is 0 Å². The van der Waals surface area contributed by atoms with Crippen LogP contribution in [0.15, 0.2) is 23.8 Å². The molecule has 0 aromatic rings. The lowest BCUT2D eigenvalue weighted by atomic mass is 9.66.